The third-order valence-electron chi connectivity index (χ3n) is 2.95. The Morgan fingerprint density at radius 2 is 2.14 bits per heavy atom. The van der Waals surface area contributed by atoms with Gasteiger partial charge in [0, 0.05) is 48.8 Å². The maximum absolute atomic E-state index is 11.8. The van der Waals surface area contributed by atoms with E-state index in [0.29, 0.717) is 6.54 Å². The molecular weight excluding hydrogens is 278 g/mol. The Morgan fingerprint density at radius 3 is 2.77 bits per heavy atom. The van der Waals surface area contributed by atoms with Crippen molar-refractivity contribution in [2.75, 3.05) is 6.54 Å². The van der Waals surface area contributed by atoms with Crippen LogP contribution in [-0.2, 0) is 18.4 Å². The zero-order chi connectivity index (χ0) is 16.2. The number of carbonyl (C=O) groups excluding carboxylic acids is 1. The molecule has 0 aromatic carbocycles. The second kappa shape index (κ2) is 6.70. The Labute approximate surface area is 130 Å². The van der Waals surface area contributed by atoms with Gasteiger partial charge in [0.2, 0.25) is 5.91 Å². The molecule has 0 fully saturated rings. The van der Waals surface area contributed by atoms with Crippen LogP contribution in [0.4, 0.5) is 0 Å². The number of pyridine rings is 1. The third-order valence-corrected chi connectivity index (χ3v) is 2.95. The first-order valence-electron chi connectivity index (χ1n) is 7.30. The lowest BCUT2D eigenvalue weighted by Crippen LogP contribution is -2.44. The van der Waals surface area contributed by atoms with Crippen molar-refractivity contribution in [2.24, 2.45) is 7.05 Å². The van der Waals surface area contributed by atoms with Crippen LogP contribution < -0.4 is 10.6 Å². The van der Waals surface area contributed by atoms with Crippen LogP contribution in [0, 0.1) is 0 Å². The largest absolute Gasteiger partial charge is 0.350 e. The summed E-state index contributed by atoms with van der Waals surface area (Å²) >= 11 is 0. The average Bonchev–Trinajstić information content (AvgIpc) is 2.79. The van der Waals surface area contributed by atoms with E-state index in [-0.39, 0.29) is 18.0 Å². The summed E-state index contributed by atoms with van der Waals surface area (Å²) in [6, 6.07) is 3.86. The number of hydrogen-bond acceptors (Lipinski definition) is 4. The molecule has 6 heteroatoms. The number of carbonyl (C=O) groups is 1. The topological polar surface area (TPSA) is 71.8 Å². The fourth-order valence-corrected chi connectivity index (χ4v) is 2.19. The minimum atomic E-state index is -0.214. The number of hydrogen-bond donors (Lipinski definition) is 2. The summed E-state index contributed by atoms with van der Waals surface area (Å²) in [5.74, 6) is -0.0145. The molecule has 0 aliphatic rings. The van der Waals surface area contributed by atoms with E-state index in [9.17, 15) is 4.79 Å². The van der Waals surface area contributed by atoms with Crippen molar-refractivity contribution >= 4 is 5.91 Å². The molecule has 22 heavy (non-hydrogen) atoms. The summed E-state index contributed by atoms with van der Waals surface area (Å²) in [7, 11) is 1.88. The highest BCUT2D eigenvalue weighted by Gasteiger charge is 2.14. The molecule has 2 aromatic rings. The van der Waals surface area contributed by atoms with Gasteiger partial charge in [-0.3, -0.25) is 14.5 Å². The van der Waals surface area contributed by atoms with Crippen LogP contribution in [-0.4, -0.2) is 32.8 Å². The molecule has 0 saturated carbocycles. The lowest BCUT2D eigenvalue weighted by atomic mass is 10.1. The van der Waals surface area contributed by atoms with Gasteiger partial charge in [0.15, 0.2) is 0 Å². The minimum absolute atomic E-state index is 0.0145. The van der Waals surface area contributed by atoms with Gasteiger partial charge in [0.1, 0.15) is 0 Å². The van der Waals surface area contributed by atoms with E-state index in [1.54, 1.807) is 17.1 Å². The molecule has 2 aromatic heterocycles. The fourth-order valence-electron chi connectivity index (χ4n) is 2.19. The van der Waals surface area contributed by atoms with Crippen LogP contribution in [0.1, 0.15) is 26.3 Å². The lowest BCUT2D eigenvalue weighted by Gasteiger charge is -2.20. The number of aryl methyl sites for hydroxylation is 1. The molecule has 6 nitrogen and oxygen atoms in total. The van der Waals surface area contributed by atoms with Crippen LogP contribution >= 0.6 is 0 Å². The second-order valence-corrected chi connectivity index (χ2v) is 6.32. The van der Waals surface area contributed by atoms with Crippen LogP contribution in [0.15, 0.2) is 30.7 Å². The summed E-state index contributed by atoms with van der Waals surface area (Å²) in [6.45, 7) is 6.75. The van der Waals surface area contributed by atoms with Crippen molar-refractivity contribution in [1.82, 2.24) is 25.4 Å². The molecule has 0 unspecified atom stereocenters. The van der Waals surface area contributed by atoms with E-state index < -0.39 is 0 Å². The van der Waals surface area contributed by atoms with Crippen molar-refractivity contribution in [3.63, 3.8) is 0 Å². The maximum Gasteiger partial charge on any atom is 0.234 e. The Hall–Kier alpha value is -2.21. The van der Waals surface area contributed by atoms with Gasteiger partial charge in [-0.1, -0.05) is 0 Å². The standard InChI is InChI=1S/C16H23N5O/c1-16(2,3)19-14(22)10-18-9-13-11-21(4)20-15(13)12-6-5-7-17-8-12/h5-8,11,18H,9-10H2,1-4H3,(H,19,22). The predicted molar refractivity (Wildman–Crippen MR) is 86.0 cm³/mol. The monoisotopic (exact) mass is 301 g/mol. The molecule has 2 N–H and O–H groups in total. The van der Waals surface area contributed by atoms with Crippen LogP contribution in [0.2, 0.25) is 0 Å². The highest BCUT2D eigenvalue weighted by molar-refractivity contribution is 5.78. The van der Waals surface area contributed by atoms with Crippen molar-refractivity contribution < 1.29 is 4.79 Å². The summed E-state index contributed by atoms with van der Waals surface area (Å²) in [4.78, 5) is 15.9. The fraction of sp³-hybridized carbons (Fsp3) is 0.438. The third kappa shape index (κ3) is 4.66. The van der Waals surface area contributed by atoms with E-state index in [1.165, 1.54) is 0 Å². The molecule has 0 bridgehead atoms. The van der Waals surface area contributed by atoms with Gasteiger partial charge in [0.05, 0.1) is 12.2 Å². The molecule has 1 amide bonds. The van der Waals surface area contributed by atoms with Gasteiger partial charge < -0.3 is 10.6 Å². The molecular formula is C16H23N5O. The summed E-state index contributed by atoms with van der Waals surface area (Å²) in [5.41, 5.74) is 2.69. The molecule has 0 aliphatic heterocycles. The highest BCUT2D eigenvalue weighted by Crippen LogP contribution is 2.20. The highest BCUT2D eigenvalue weighted by atomic mass is 16.2. The zero-order valence-corrected chi connectivity index (χ0v) is 13.6. The number of aromatic nitrogens is 3. The molecule has 0 atom stereocenters. The van der Waals surface area contributed by atoms with Crippen LogP contribution in [0.25, 0.3) is 11.3 Å². The van der Waals surface area contributed by atoms with E-state index in [0.717, 1.165) is 16.8 Å². The average molecular weight is 301 g/mol. The molecule has 2 heterocycles. The lowest BCUT2D eigenvalue weighted by molar-refractivity contribution is -0.121. The molecule has 2 rings (SSSR count). The first-order chi connectivity index (χ1) is 10.3. The molecule has 0 saturated heterocycles. The molecule has 0 aliphatic carbocycles. The Kier molecular flexibility index (Phi) is 4.92. The van der Waals surface area contributed by atoms with E-state index >= 15 is 0 Å². The summed E-state index contributed by atoms with van der Waals surface area (Å²) < 4.78 is 1.77. The van der Waals surface area contributed by atoms with E-state index in [4.69, 9.17) is 0 Å². The van der Waals surface area contributed by atoms with Gasteiger partial charge >= 0.3 is 0 Å². The number of amides is 1. The Morgan fingerprint density at radius 1 is 1.36 bits per heavy atom. The van der Waals surface area contributed by atoms with Gasteiger partial charge in [0.25, 0.3) is 0 Å². The normalized spacial score (nSPS) is 11.5. The number of rotatable bonds is 5. The van der Waals surface area contributed by atoms with E-state index in [1.807, 2.05) is 46.1 Å². The van der Waals surface area contributed by atoms with Gasteiger partial charge in [-0.05, 0) is 32.9 Å². The molecule has 118 valence electrons. The first kappa shape index (κ1) is 16.2. The number of nitrogens with one attached hydrogen (secondary N) is 2. The van der Waals surface area contributed by atoms with Gasteiger partial charge in [-0.15, -0.1) is 0 Å². The smallest absolute Gasteiger partial charge is 0.234 e. The maximum atomic E-state index is 11.8. The quantitative estimate of drug-likeness (QED) is 0.877. The summed E-state index contributed by atoms with van der Waals surface area (Å²) in [6.07, 6.45) is 5.48. The minimum Gasteiger partial charge on any atom is -0.350 e. The Balaban J connectivity index is 1.98. The van der Waals surface area contributed by atoms with Crippen LogP contribution in [0.3, 0.4) is 0 Å². The summed E-state index contributed by atoms with van der Waals surface area (Å²) in [5, 5.41) is 10.6. The first-order valence-corrected chi connectivity index (χ1v) is 7.30. The van der Waals surface area contributed by atoms with Gasteiger partial charge in [-0.25, -0.2) is 0 Å². The predicted octanol–water partition coefficient (Wildman–Crippen LogP) is 1.49. The second-order valence-electron chi connectivity index (χ2n) is 6.32. The zero-order valence-electron chi connectivity index (χ0n) is 13.6. The Bertz CT molecular complexity index is 628. The number of nitrogens with zero attached hydrogens (tertiary/aromatic N) is 3. The van der Waals surface area contributed by atoms with Crippen molar-refractivity contribution in [3.8, 4) is 11.3 Å². The molecule has 0 spiro atoms. The van der Waals surface area contributed by atoms with Gasteiger partial charge in [-0.2, -0.15) is 5.10 Å². The molecule has 0 radical (unpaired) electrons. The van der Waals surface area contributed by atoms with Crippen molar-refractivity contribution in [3.05, 3.63) is 36.3 Å². The van der Waals surface area contributed by atoms with Crippen molar-refractivity contribution in [1.29, 1.82) is 0 Å². The SMILES string of the molecule is Cn1cc(CNCC(=O)NC(C)(C)C)c(-c2cccnc2)n1. The van der Waals surface area contributed by atoms with Crippen LogP contribution in [0.5, 0.6) is 0 Å². The van der Waals surface area contributed by atoms with Crippen molar-refractivity contribution in [2.45, 2.75) is 32.9 Å². The van der Waals surface area contributed by atoms with E-state index in [2.05, 4.69) is 20.7 Å².